The Labute approximate surface area is 209 Å². The molecule has 1 aliphatic heterocycles. The van der Waals surface area contributed by atoms with Crippen LogP contribution in [-0.2, 0) is 17.8 Å². The van der Waals surface area contributed by atoms with Crippen LogP contribution in [0.5, 0.6) is 5.88 Å². The van der Waals surface area contributed by atoms with Gasteiger partial charge in [0.2, 0.25) is 5.88 Å². The highest BCUT2D eigenvalue weighted by Gasteiger charge is 2.34. The van der Waals surface area contributed by atoms with E-state index >= 15 is 0 Å². The number of hydrogen-bond acceptors (Lipinski definition) is 7. The predicted molar refractivity (Wildman–Crippen MR) is 130 cm³/mol. The van der Waals surface area contributed by atoms with Crippen molar-refractivity contribution >= 4 is 17.7 Å². The van der Waals surface area contributed by atoms with E-state index in [1.54, 1.807) is 17.3 Å². The van der Waals surface area contributed by atoms with Crippen molar-refractivity contribution in [1.29, 1.82) is 0 Å². The molecule has 184 valence electrons. The minimum atomic E-state index is -0.590. The molecule has 1 fully saturated rings. The zero-order chi connectivity index (χ0) is 24.6. The molecule has 0 spiro atoms. The van der Waals surface area contributed by atoms with Crippen molar-refractivity contribution in [3.8, 4) is 17.1 Å². The molecular formula is C25H29ClN6O3. The minimum Gasteiger partial charge on any atom is -0.473 e. The van der Waals surface area contributed by atoms with E-state index in [1.807, 2.05) is 39.0 Å². The Morgan fingerprint density at radius 1 is 1.20 bits per heavy atom. The van der Waals surface area contributed by atoms with E-state index in [9.17, 15) is 4.79 Å². The van der Waals surface area contributed by atoms with Crippen molar-refractivity contribution in [2.24, 2.45) is 0 Å². The Bertz CT molecular complexity index is 1200. The first kappa shape index (κ1) is 23.5. The van der Waals surface area contributed by atoms with Crippen LogP contribution < -0.4 is 4.74 Å². The van der Waals surface area contributed by atoms with E-state index in [4.69, 9.17) is 26.2 Å². The van der Waals surface area contributed by atoms with Crippen LogP contribution in [0.4, 0.5) is 4.79 Å². The summed E-state index contributed by atoms with van der Waals surface area (Å²) in [5, 5.41) is 16.4. The van der Waals surface area contributed by atoms with Gasteiger partial charge in [-0.1, -0.05) is 11.6 Å². The molecular weight excluding hydrogens is 468 g/mol. The van der Waals surface area contributed by atoms with Gasteiger partial charge < -0.3 is 9.47 Å². The lowest BCUT2D eigenvalue weighted by Crippen LogP contribution is -2.35. The number of halogens is 1. The Kier molecular flexibility index (Phi) is 6.35. The monoisotopic (exact) mass is 496 g/mol. The van der Waals surface area contributed by atoms with Crippen LogP contribution in [0.2, 0.25) is 5.02 Å². The largest absolute Gasteiger partial charge is 0.473 e. The zero-order valence-electron chi connectivity index (χ0n) is 20.1. The van der Waals surface area contributed by atoms with Crippen LogP contribution >= 0.6 is 11.6 Å². The molecule has 4 heterocycles. The molecule has 0 aromatic carbocycles. The second kappa shape index (κ2) is 9.45. The average Bonchev–Trinajstić information content (AvgIpc) is 3.15. The summed E-state index contributed by atoms with van der Waals surface area (Å²) in [6.45, 7) is 6.30. The second-order valence-corrected chi connectivity index (χ2v) is 10.5. The number of carbonyl (C=O) groups is 1. The van der Waals surface area contributed by atoms with E-state index in [-0.39, 0.29) is 18.1 Å². The number of hydrogen-bond donors (Lipinski definition) is 1. The lowest BCUT2D eigenvalue weighted by Gasteiger charge is -2.28. The van der Waals surface area contributed by atoms with Gasteiger partial charge in [0.1, 0.15) is 11.7 Å². The maximum absolute atomic E-state index is 13.0. The van der Waals surface area contributed by atoms with Gasteiger partial charge in [-0.15, -0.1) is 5.10 Å². The molecule has 9 nitrogen and oxygen atoms in total. The third-order valence-corrected chi connectivity index (χ3v) is 6.50. The molecule has 0 bridgehead atoms. The van der Waals surface area contributed by atoms with E-state index in [0.29, 0.717) is 24.0 Å². The van der Waals surface area contributed by atoms with Gasteiger partial charge in [-0.3, -0.25) is 15.0 Å². The fourth-order valence-corrected chi connectivity index (χ4v) is 4.96. The molecule has 1 saturated carbocycles. The van der Waals surface area contributed by atoms with Crippen LogP contribution in [0.15, 0.2) is 30.6 Å². The first-order chi connectivity index (χ1) is 16.8. The number of rotatable bonds is 3. The molecule has 0 atom stereocenters. The molecule has 0 unspecified atom stereocenters. The molecule has 0 saturated heterocycles. The standard InChI is InChI=1S/C25H29ClN6O3/c1-25(2,3)35-24(33)32-13-16-11-17(26)12-27-22(16)21-19(14-32)29-31-23(21)15-6-8-18(9-7-15)34-20-5-4-10-28-30-20/h4-5,10-12,15,18H,6-9,13-14H2,1-3H3,(H,29,31). The third kappa shape index (κ3) is 5.24. The number of H-pyrrole nitrogens is 1. The lowest BCUT2D eigenvalue weighted by atomic mass is 9.83. The molecule has 1 amide bonds. The Hall–Kier alpha value is -3.20. The summed E-state index contributed by atoms with van der Waals surface area (Å²) in [4.78, 5) is 19.3. The summed E-state index contributed by atoms with van der Waals surface area (Å²) in [6.07, 6.45) is 6.66. The van der Waals surface area contributed by atoms with Gasteiger partial charge >= 0.3 is 6.09 Å². The second-order valence-electron chi connectivity index (χ2n) is 10.1. The first-order valence-corrected chi connectivity index (χ1v) is 12.3. The normalized spacial score (nSPS) is 19.9. The first-order valence-electron chi connectivity index (χ1n) is 11.9. The summed E-state index contributed by atoms with van der Waals surface area (Å²) in [5.41, 5.74) is 3.92. The smallest absolute Gasteiger partial charge is 0.410 e. The van der Waals surface area contributed by atoms with Gasteiger partial charge in [0.15, 0.2) is 0 Å². The summed E-state index contributed by atoms with van der Waals surface area (Å²) < 4.78 is 11.7. The topological polar surface area (TPSA) is 106 Å². The number of nitrogens with one attached hydrogen (secondary N) is 1. The van der Waals surface area contributed by atoms with E-state index in [0.717, 1.165) is 53.9 Å². The van der Waals surface area contributed by atoms with Crippen molar-refractivity contribution in [1.82, 2.24) is 30.3 Å². The van der Waals surface area contributed by atoms with Gasteiger partial charge in [0.05, 0.1) is 35.2 Å². The summed E-state index contributed by atoms with van der Waals surface area (Å²) in [5.74, 6) is 0.817. The lowest BCUT2D eigenvalue weighted by molar-refractivity contribution is 0.0216. The Balaban J connectivity index is 1.40. The van der Waals surface area contributed by atoms with E-state index in [2.05, 4.69) is 20.3 Å². The van der Waals surface area contributed by atoms with Gasteiger partial charge in [-0.2, -0.15) is 10.2 Å². The highest BCUT2D eigenvalue weighted by molar-refractivity contribution is 6.30. The summed E-state index contributed by atoms with van der Waals surface area (Å²) in [6, 6.07) is 5.53. The predicted octanol–water partition coefficient (Wildman–Crippen LogP) is 5.27. The van der Waals surface area contributed by atoms with E-state index in [1.165, 1.54) is 0 Å². The highest BCUT2D eigenvalue weighted by Crippen LogP contribution is 2.41. The maximum Gasteiger partial charge on any atom is 0.410 e. The number of ether oxygens (including phenoxy) is 2. The number of aromatic nitrogens is 5. The number of aromatic amines is 1. The molecule has 3 aromatic rings. The molecule has 35 heavy (non-hydrogen) atoms. The third-order valence-electron chi connectivity index (χ3n) is 6.30. The van der Waals surface area contributed by atoms with Gasteiger partial charge in [0.25, 0.3) is 0 Å². The van der Waals surface area contributed by atoms with Crippen molar-refractivity contribution in [2.75, 3.05) is 0 Å². The molecule has 1 aliphatic carbocycles. The number of amides is 1. The van der Waals surface area contributed by atoms with Crippen molar-refractivity contribution in [3.05, 3.63) is 52.6 Å². The number of nitrogens with zero attached hydrogens (tertiary/aromatic N) is 5. The van der Waals surface area contributed by atoms with Crippen LogP contribution in [0.3, 0.4) is 0 Å². The Morgan fingerprint density at radius 2 is 2.00 bits per heavy atom. The van der Waals surface area contributed by atoms with Gasteiger partial charge in [-0.25, -0.2) is 4.79 Å². The SMILES string of the molecule is CC(C)(C)OC(=O)N1Cc2cc(Cl)cnc2-c2c(C3CCC(Oc4cccnn4)CC3)n[nH]c2C1. The highest BCUT2D eigenvalue weighted by atomic mass is 35.5. The summed E-state index contributed by atoms with van der Waals surface area (Å²) >= 11 is 6.29. The molecule has 1 N–H and O–H groups in total. The van der Waals surface area contributed by atoms with Crippen molar-refractivity contribution in [3.63, 3.8) is 0 Å². The maximum atomic E-state index is 13.0. The average molecular weight is 497 g/mol. The fourth-order valence-electron chi connectivity index (χ4n) is 4.78. The van der Waals surface area contributed by atoms with Crippen molar-refractivity contribution < 1.29 is 14.3 Å². The minimum absolute atomic E-state index is 0.104. The molecule has 3 aromatic heterocycles. The van der Waals surface area contributed by atoms with Crippen LogP contribution in [-0.4, -0.2) is 48.1 Å². The number of carbonyl (C=O) groups excluding carboxylic acids is 1. The molecule has 10 heteroatoms. The molecule has 2 aliphatic rings. The van der Waals surface area contributed by atoms with Crippen molar-refractivity contribution in [2.45, 2.75) is 77.2 Å². The van der Waals surface area contributed by atoms with Crippen LogP contribution in [0.1, 0.15) is 69.3 Å². The Morgan fingerprint density at radius 3 is 2.71 bits per heavy atom. The molecule has 5 rings (SSSR count). The molecule has 0 radical (unpaired) electrons. The zero-order valence-corrected chi connectivity index (χ0v) is 20.9. The fraction of sp³-hybridized carbons (Fsp3) is 0.480. The number of pyridine rings is 1. The van der Waals surface area contributed by atoms with Crippen LogP contribution in [0.25, 0.3) is 11.3 Å². The van der Waals surface area contributed by atoms with E-state index < -0.39 is 5.60 Å². The summed E-state index contributed by atoms with van der Waals surface area (Å²) in [7, 11) is 0. The number of fused-ring (bicyclic) bond motifs is 3. The van der Waals surface area contributed by atoms with Gasteiger partial charge in [-0.05, 0) is 64.2 Å². The van der Waals surface area contributed by atoms with Gasteiger partial charge in [0, 0.05) is 29.9 Å². The van der Waals surface area contributed by atoms with Crippen LogP contribution in [0, 0.1) is 0 Å². The quantitative estimate of drug-likeness (QED) is 0.526.